The Kier molecular flexibility index (Phi) is 5.74. The zero-order valence-corrected chi connectivity index (χ0v) is 19.3. The van der Waals surface area contributed by atoms with E-state index in [2.05, 4.69) is 10.1 Å². The lowest BCUT2D eigenvalue weighted by atomic mass is 10.1. The van der Waals surface area contributed by atoms with E-state index in [0.717, 1.165) is 23.3 Å². The smallest absolute Gasteiger partial charge is 0.367 e. The van der Waals surface area contributed by atoms with Crippen LogP contribution in [0.15, 0.2) is 53.3 Å². The highest BCUT2D eigenvalue weighted by atomic mass is 32.1. The zero-order chi connectivity index (χ0) is 23.8. The minimum atomic E-state index is -0.678. The van der Waals surface area contributed by atoms with Crippen molar-refractivity contribution < 1.29 is 18.7 Å². The molecule has 1 aliphatic heterocycles. The summed E-state index contributed by atoms with van der Waals surface area (Å²) in [5.41, 5.74) is 1.02. The fourth-order valence-electron chi connectivity index (χ4n) is 4.02. The van der Waals surface area contributed by atoms with Gasteiger partial charge >= 0.3 is 11.7 Å². The third-order valence-electron chi connectivity index (χ3n) is 5.59. The summed E-state index contributed by atoms with van der Waals surface area (Å²) in [6.07, 6.45) is 1.46. The topological polar surface area (TPSA) is 88.2 Å². The van der Waals surface area contributed by atoms with Crippen LogP contribution in [0.4, 0.5) is 4.39 Å². The number of hydrogen-bond acceptors (Lipinski definition) is 7. The number of nitrogens with zero attached hydrogens (tertiary/aromatic N) is 4. The molecule has 5 rings (SSSR count). The number of hydrogen-bond donors (Lipinski definition) is 0. The monoisotopic (exact) mass is 480 g/mol. The first-order valence-electron chi connectivity index (χ1n) is 10.8. The molecule has 0 amide bonds. The third kappa shape index (κ3) is 3.90. The predicted octanol–water partition coefficient (Wildman–Crippen LogP) is 4.44. The molecule has 2 aromatic carbocycles. The average Bonchev–Trinajstić information content (AvgIpc) is 3.51. The van der Waals surface area contributed by atoms with Crippen molar-refractivity contribution in [2.24, 2.45) is 0 Å². The summed E-state index contributed by atoms with van der Waals surface area (Å²) in [5.74, 6) is -0.508. The molecular formula is C24H21FN4O4S. The lowest BCUT2D eigenvalue weighted by Crippen LogP contribution is -2.26. The molecule has 0 N–H and O–H groups in total. The maximum Gasteiger partial charge on any atom is 0.367 e. The van der Waals surface area contributed by atoms with Gasteiger partial charge in [-0.15, -0.1) is 16.4 Å². The average molecular weight is 481 g/mol. The van der Waals surface area contributed by atoms with Crippen LogP contribution in [0.5, 0.6) is 11.6 Å². The minimum Gasteiger partial charge on any atom is -0.461 e. The number of fused-ring (bicyclic) bond motifs is 1. The lowest BCUT2D eigenvalue weighted by molar-refractivity contribution is 0.0525. The Labute approximate surface area is 198 Å². The molecule has 8 nitrogen and oxygen atoms in total. The van der Waals surface area contributed by atoms with Crippen molar-refractivity contribution in [2.75, 3.05) is 6.61 Å². The number of benzene rings is 2. The lowest BCUT2D eigenvalue weighted by Gasteiger charge is -2.12. The molecule has 4 aromatic rings. The highest BCUT2D eigenvalue weighted by Crippen LogP contribution is 2.32. The van der Waals surface area contributed by atoms with Crippen LogP contribution in [0.3, 0.4) is 0 Å². The molecule has 0 saturated heterocycles. The molecule has 3 heterocycles. The Hall–Kier alpha value is -3.79. The van der Waals surface area contributed by atoms with E-state index < -0.39 is 11.8 Å². The fourth-order valence-corrected chi connectivity index (χ4v) is 4.76. The quantitative estimate of drug-likeness (QED) is 0.379. The number of rotatable bonds is 6. The summed E-state index contributed by atoms with van der Waals surface area (Å²) in [6.45, 7) is 3.65. The van der Waals surface area contributed by atoms with Crippen LogP contribution in [-0.2, 0) is 11.2 Å². The Morgan fingerprint density at radius 2 is 2.03 bits per heavy atom. The van der Waals surface area contributed by atoms with Gasteiger partial charge in [-0.1, -0.05) is 30.3 Å². The molecule has 2 aromatic heterocycles. The molecule has 0 fully saturated rings. The van der Waals surface area contributed by atoms with Crippen molar-refractivity contribution in [3.8, 4) is 17.3 Å². The number of esters is 1. The van der Waals surface area contributed by atoms with E-state index in [-0.39, 0.29) is 35.0 Å². The maximum atomic E-state index is 14.9. The fraction of sp³-hybridized carbons (Fsp3) is 0.250. The van der Waals surface area contributed by atoms with Crippen LogP contribution in [0.2, 0.25) is 0 Å². The first-order valence-corrected chi connectivity index (χ1v) is 11.7. The Bertz CT molecular complexity index is 1430. The molecule has 0 saturated carbocycles. The third-order valence-corrected chi connectivity index (χ3v) is 6.52. The van der Waals surface area contributed by atoms with Crippen LogP contribution in [0.25, 0.3) is 5.69 Å². The highest BCUT2D eigenvalue weighted by molar-refractivity contribution is 7.13. The maximum absolute atomic E-state index is 14.9. The van der Waals surface area contributed by atoms with Crippen LogP contribution in [-0.4, -0.2) is 31.9 Å². The SMILES string of the molecule is CCOC(=O)c1nc(Oc2ccc(-n3nc4n(c3=O)[C@H](c3ccccc3)CC4)cc2F)c(C)s1. The van der Waals surface area contributed by atoms with Crippen molar-refractivity contribution in [1.82, 2.24) is 19.3 Å². The van der Waals surface area contributed by atoms with E-state index in [0.29, 0.717) is 22.8 Å². The second-order valence-corrected chi connectivity index (χ2v) is 8.97. The van der Waals surface area contributed by atoms with Gasteiger partial charge in [-0.25, -0.2) is 14.0 Å². The van der Waals surface area contributed by atoms with E-state index >= 15 is 0 Å². The Morgan fingerprint density at radius 1 is 1.24 bits per heavy atom. The summed E-state index contributed by atoms with van der Waals surface area (Å²) in [5, 5.41) is 4.58. The number of halogens is 1. The Balaban J connectivity index is 1.42. The largest absolute Gasteiger partial charge is 0.461 e. The van der Waals surface area contributed by atoms with Gasteiger partial charge in [0.25, 0.3) is 0 Å². The summed E-state index contributed by atoms with van der Waals surface area (Å²) in [4.78, 5) is 29.8. The number of aryl methyl sites for hydroxylation is 2. The molecular weight excluding hydrogens is 459 g/mol. The molecule has 34 heavy (non-hydrogen) atoms. The van der Waals surface area contributed by atoms with E-state index in [9.17, 15) is 14.0 Å². The van der Waals surface area contributed by atoms with E-state index in [1.807, 2.05) is 30.3 Å². The van der Waals surface area contributed by atoms with E-state index in [1.54, 1.807) is 24.5 Å². The van der Waals surface area contributed by atoms with Gasteiger partial charge in [-0.2, -0.15) is 9.67 Å². The van der Waals surface area contributed by atoms with Gasteiger partial charge in [0.05, 0.1) is 23.2 Å². The number of carbonyl (C=O) groups is 1. The zero-order valence-electron chi connectivity index (χ0n) is 18.5. The van der Waals surface area contributed by atoms with Crippen molar-refractivity contribution in [3.05, 3.63) is 86.1 Å². The van der Waals surface area contributed by atoms with Gasteiger partial charge in [0.15, 0.2) is 11.6 Å². The first-order chi connectivity index (χ1) is 16.5. The van der Waals surface area contributed by atoms with Crippen LogP contribution in [0.1, 0.15) is 45.5 Å². The molecule has 10 heteroatoms. The molecule has 0 aliphatic carbocycles. The van der Waals surface area contributed by atoms with Crippen molar-refractivity contribution >= 4 is 17.3 Å². The number of carbonyl (C=O) groups excluding carboxylic acids is 1. The standard InChI is InChI=1S/C24H21FN4O4S/c1-3-32-23(30)22-26-21(14(2)34-22)33-19-11-9-16(13-17(19)25)29-24(31)28-18(10-12-20(28)27-29)15-7-5-4-6-8-15/h4-9,11,13,18H,3,10,12H2,1-2H3/t18-/m0/s1. The Morgan fingerprint density at radius 3 is 2.76 bits per heavy atom. The summed E-state index contributed by atoms with van der Waals surface area (Å²) in [6, 6.07) is 13.9. The number of ether oxygens (including phenoxy) is 2. The molecule has 0 bridgehead atoms. The van der Waals surface area contributed by atoms with Gasteiger partial charge < -0.3 is 9.47 Å². The van der Waals surface area contributed by atoms with Gasteiger partial charge in [0.1, 0.15) is 5.82 Å². The van der Waals surface area contributed by atoms with Gasteiger partial charge in [-0.05, 0) is 38.0 Å². The molecule has 0 spiro atoms. The highest BCUT2D eigenvalue weighted by Gasteiger charge is 2.29. The molecule has 174 valence electrons. The summed E-state index contributed by atoms with van der Waals surface area (Å²) in [7, 11) is 0. The minimum absolute atomic E-state index is 0.0745. The predicted molar refractivity (Wildman–Crippen MR) is 124 cm³/mol. The number of aromatic nitrogens is 4. The van der Waals surface area contributed by atoms with Crippen molar-refractivity contribution in [2.45, 2.75) is 32.7 Å². The molecule has 0 radical (unpaired) electrons. The van der Waals surface area contributed by atoms with Crippen molar-refractivity contribution in [3.63, 3.8) is 0 Å². The van der Waals surface area contributed by atoms with E-state index in [1.165, 1.54) is 16.8 Å². The number of thiazole rings is 1. The van der Waals surface area contributed by atoms with Gasteiger partial charge in [0.2, 0.25) is 10.9 Å². The summed E-state index contributed by atoms with van der Waals surface area (Å²) >= 11 is 1.11. The second kappa shape index (κ2) is 8.86. The van der Waals surface area contributed by atoms with Crippen LogP contribution < -0.4 is 10.4 Å². The first kappa shape index (κ1) is 22.0. The van der Waals surface area contributed by atoms with Gasteiger partial charge in [0, 0.05) is 12.5 Å². The van der Waals surface area contributed by atoms with Gasteiger partial charge in [-0.3, -0.25) is 4.57 Å². The normalized spacial score (nSPS) is 14.7. The van der Waals surface area contributed by atoms with Crippen molar-refractivity contribution in [1.29, 1.82) is 0 Å². The molecule has 1 aliphatic rings. The second-order valence-electron chi connectivity index (χ2n) is 7.76. The molecule has 0 unspecified atom stereocenters. The van der Waals surface area contributed by atoms with E-state index in [4.69, 9.17) is 9.47 Å². The summed E-state index contributed by atoms with van der Waals surface area (Å²) < 4.78 is 28.4. The molecule has 1 atom stereocenters. The van der Waals surface area contributed by atoms with Crippen LogP contribution in [0, 0.1) is 12.7 Å². The van der Waals surface area contributed by atoms with Crippen LogP contribution >= 0.6 is 11.3 Å².